The van der Waals surface area contributed by atoms with Gasteiger partial charge in [0.25, 0.3) is 11.6 Å². The number of carbonyl (C=O) groups excluding carboxylic acids is 1. The predicted octanol–water partition coefficient (Wildman–Crippen LogP) is 5.89. The normalized spacial score (nSPS) is 10.9. The zero-order valence-corrected chi connectivity index (χ0v) is 20.8. The number of amides is 1. The lowest BCUT2D eigenvalue weighted by Crippen LogP contribution is -2.39. The number of likely N-dealkylation sites (N-methyl/N-ethyl adjacent to an activating group) is 1. The molecule has 0 unspecified atom stereocenters. The Balaban J connectivity index is 0.00000363. The lowest BCUT2D eigenvalue weighted by molar-refractivity contribution is -0.384. The fourth-order valence-corrected chi connectivity index (χ4v) is 4.55. The number of carbonyl (C=O) groups is 1. The van der Waals surface area contributed by atoms with Crippen LogP contribution in [0.4, 0.5) is 10.8 Å². The Morgan fingerprint density at radius 1 is 1.12 bits per heavy atom. The van der Waals surface area contributed by atoms with Crippen molar-refractivity contribution < 1.29 is 9.72 Å². The predicted molar refractivity (Wildman–Crippen MR) is 134 cm³/mol. The number of fused-ring (bicyclic) bond motifs is 1. The molecule has 0 aliphatic rings. The summed E-state index contributed by atoms with van der Waals surface area (Å²) in [5.41, 5.74) is 3.04. The highest BCUT2D eigenvalue weighted by Crippen LogP contribution is 2.33. The van der Waals surface area contributed by atoms with Gasteiger partial charge in [-0.1, -0.05) is 36.8 Å². The third kappa shape index (κ3) is 5.56. The molecule has 0 saturated carbocycles. The van der Waals surface area contributed by atoms with Crippen LogP contribution in [0.2, 0.25) is 5.02 Å². The Labute approximate surface area is 202 Å². The molecule has 2 aromatic carbocycles. The van der Waals surface area contributed by atoms with Crippen LogP contribution in [-0.2, 0) is 0 Å². The van der Waals surface area contributed by atoms with Crippen molar-refractivity contribution in [3.05, 3.63) is 62.2 Å². The Morgan fingerprint density at radius 3 is 2.41 bits per heavy atom. The van der Waals surface area contributed by atoms with E-state index in [9.17, 15) is 14.9 Å². The lowest BCUT2D eigenvalue weighted by Gasteiger charge is -2.25. The summed E-state index contributed by atoms with van der Waals surface area (Å²) in [6, 6.07) is 8.00. The molecule has 10 heteroatoms. The first kappa shape index (κ1) is 26.0. The van der Waals surface area contributed by atoms with Crippen LogP contribution in [0.3, 0.4) is 0 Å². The molecule has 1 aromatic heterocycles. The minimum atomic E-state index is -0.531. The van der Waals surface area contributed by atoms with E-state index in [-0.39, 0.29) is 28.7 Å². The van der Waals surface area contributed by atoms with Gasteiger partial charge in [0.05, 0.1) is 25.7 Å². The SMILES string of the molecule is CCN(CC)CCN(C(=O)c1cc([N+](=O)[O-])ccc1Cl)c1nc2cc(C)c(C)cc2s1.Cl. The third-order valence-electron chi connectivity index (χ3n) is 5.39. The molecule has 0 atom stereocenters. The van der Waals surface area contributed by atoms with Crippen LogP contribution in [0.25, 0.3) is 10.2 Å². The Kier molecular flexibility index (Phi) is 8.98. The van der Waals surface area contributed by atoms with Crippen LogP contribution in [-0.4, -0.2) is 46.9 Å². The molecule has 0 radical (unpaired) electrons. The molecule has 0 N–H and O–H groups in total. The standard InChI is InChI=1S/C22H25ClN4O3S.ClH/c1-5-25(6-2)9-10-26(21(28)17-13-16(27(29)30)7-8-18(17)23)22-24-19-11-14(3)15(4)12-20(19)31-22;/h7-8,11-13H,5-6,9-10H2,1-4H3;1H. The van der Waals surface area contributed by atoms with Gasteiger partial charge in [0, 0.05) is 25.2 Å². The van der Waals surface area contributed by atoms with Gasteiger partial charge in [0.15, 0.2) is 5.13 Å². The third-order valence-corrected chi connectivity index (χ3v) is 6.76. The van der Waals surface area contributed by atoms with Gasteiger partial charge in [-0.25, -0.2) is 4.98 Å². The van der Waals surface area contributed by atoms with Crippen LogP contribution < -0.4 is 4.90 Å². The van der Waals surface area contributed by atoms with Crippen LogP contribution in [0.1, 0.15) is 35.3 Å². The molecule has 0 saturated heterocycles. The van der Waals surface area contributed by atoms with Crippen LogP contribution in [0.5, 0.6) is 0 Å². The molecule has 0 aliphatic heterocycles. The maximum Gasteiger partial charge on any atom is 0.270 e. The van der Waals surface area contributed by atoms with Gasteiger partial charge in [0.2, 0.25) is 0 Å². The first-order chi connectivity index (χ1) is 14.7. The van der Waals surface area contributed by atoms with Gasteiger partial charge >= 0.3 is 0 Å². The van der Waals surface area contributed by atoms with Crippen molar-refractivity contribution in [3.8, 4) is 0 Å². The average Bonchev–Trinajstić information content (AvgIpc) is 3.13. The van der Waals surface area contributed by atoms with Crippen molar-refractivity contribution in [1.82, 2.24) is 9.88 Å². The highest BCUT2D eigenvalue weighted by atomic mass is 35.5. The van der Waals surface area contributed by atoms with E-state index in [1.165, 1.54) is 29.5 Å². The lowest BCUT2D eigenvalue weighted by atomic mass is 10.1. The molecule has 3 rings (SSSR count). The molecule has 1 heterocycles. The van der Waals surface area contributed by atoms with Gasteiger partial charge in [-0.2, -0.15) is 0 Å². The minimum Gasteiger partial charge on any atom is -0.302 e. The number of rotatable bonds is 8. The summed E-state index contributed by atoms with van der Waals surface area (Å²) in [4.78, 5) is 32.7. The molecular formula is C22H26Cl2N4O3S. The van der Waals surface area contributed by atoms with Gasteiger partial charge in [0.1, 0.15) is 0 Å². The number of nitro benzene ring substituents is 1. The van der Waals surface area contributed by atoms with Crippen LogP contribution in [0.15, 0.2) is 30.3 Å². The Bertz CT molecular complexity index is 1090. The first-order valence-corrected chi connectivity index (χ1v) is 11.3. The second-order valence-corrected chi connectivity index (χ2v) is 8.72. The monoisotopic (exact) mass is 496 g/mol. The van der Waals surface area contributed by atoms with E-state index in [2.05, 4.69) is 24.8 Å². The van der Waals surface area contributed by atoms with E-state index in [4.69, 9.17) is 16.6 Å². The van der Waals surface area contributed by atoms with E-state index < -0.39 is 10.8 Å². The average molecular weight is 497 g/mol. The quantitative estimate of drug-likeness (QED) is 0.287. The molecule has 0 bridgehead atoms. The number of nitrogens with zero attached hydrogens (tertiary/aromatic N) is 4. The zero-order valence-electron chi connectivity index (χ0n) is 18.4. The molecule has 172 valence electrons. The number of nitro groups is 1. The summed E-state index contributed by atoms with van der Waals surface area (Å²) in [5.74, 6) is -0.395. The second kappa shape index (κ2) is 11.0. The van der Waals surface area contributed by atoms with Gasteiger partial charge in [-0.3, -0.25) is 19.8 Å². The van der Waals surface area contributed by atoms with Crippen LogP contribution >= 0.6 is 35.3 Å². The number of thiazole rings is 1. The molecule has 7 nitrogen and oxygen atoms in total. The van der Waals surface area contributed by atoms with Crippen molar-refractivity contribution in [2.75, 3.05) is 31.1 Å². The smallest absolute Gasteiger partial charge is 0.270 e. The highest BCUT2D eigenvalue weighted by Gasteiger charge is 2.25. The Hall–Kier alpha value is -2.26. The van der Waals surface area contributed by atoms with Crippen molar-refractivity contribution in [1.29, 1.82) is 0 Å². The maximum atomic E-state index is 13.5. The first-order valence-electron chi connectivity index (χ1n) is 10.1. The summed E-state index contributed by atoms with van der Waals surface area (Å²) in [6.45, 7) is 11.0. The number of hydrogen-bond donors (Lipinski definition) is 0. The molecule has 1 amide bonds. The van der Waals surface area contributed by atoms with Crippen LogP contribution in [0, 0.1) is 24.0 Å². The fourth-order valence-electron chi connectivity index (χ4n) is 3.28. The maximum absolute atomic E-state index is 13.5. The summed E-state index contributed by atoms with van der Waals surface area (Å²) in [6.07, 6.45) is 0. The van der Waals surface area contributed by atoms with E-state index in [0.717, 1.165) is 34.4 Å². The van der Waals surface area contributed by atoms with E-state index in [1.54, 1.807) is 4.90 Å². The van der Waals surface area contributed by atoms with Gasteiger partial charge in [-0.15, -0.1) is 12.4 Å². The van der Waals surface area contributed by atoms with Gasteiger partial charge < -0.3 is 4.90 Å². The molecule has 0 aliphatic carbocycles. The molecular weight excluding hydrogens is 471 g/mol. The summed E-state index contributed by atoms with van der Waals surface area (Å²) in [5, 5.41) is 12.0. The number of anilines is 1. The number of aromatic nitrogens is 1. The topological polar surface area (TPSA) is 79.6 Å². The van der Waals surface area contributed by atoms with Crippen molar-refractivity contribution in [2.24, 2.45) is 0 Å². The van der Waals surface area contributed by atoms with E-state index in [1.807, 2.05) is 19.9 Å². The number of benzene rings is 2. The Morgan fingerprint density at radius 2 is 1.78 bits per heavy atom. The number of aryl methyl sites for hydroxylation is 2. The molecule has 0 fully saturated rings. The summed E-state index contributed by atoms with van der Waals surface area (Å²) in [7, 11) is 0. The zero-order chi connectivity index (χ0) is 22.7. The van der Waals surface area contributed by atoms with Crippen molar-refractivity contribution in [3.63, 3.8) is 0 Å². The van der Waals surface area contributed by atoms with E-state index in [0.29, 0.717) is 18.2 Å². The largest absolute Gasteiger partial charge is 0.302 e. The number of non-ortho nitro benzene ring substituents is 1. The van der Waals surface area contributed by atoms with Gasteiger partial charge in [-0.05, 0) is 56.3 Å². The van der Waals surface area contributed by atoms with Crippen molar-refractivity contribution >= 4 is 62.3 Å². The van der Waals surface area contributed by atoms with E-state index >= 15 is 0 Å². The second-order valence-electron chi connectivity index (χ2n) is 7.31. The molecule has 32 heavy (non-hydrogen) atoms. The number of halogens is 2. The van der Waals surface area contributed by atoms with Crippen molar-refractivity contribution in [2.45, 2.75) is 27.7 Å². The highest BCUT2D eigenvalue weighted by molar-refractivity contribution is 7.22. The fraction of sp³-hybridized carbons (Fsp3) is 0.364. The number of hydrogen-bond acceptors (Lipinski definition) is 6. The minimum absolute atomic E-state index is 0. The summed E-state index contributed by atoms with van der Waals surface area (Å²) >= 11 is 7.70. The summed E-state index contributed by atoms with van der Waals surface area (Å²) < 4.78 is 0.990. The molecule has 3 aromatic rings. The molecule has 0 spiro atoms.